The van der Waals surface area contributed by atoms with Gasteiger partial charge in [0.15, 0.2) is 17.4 Å². The normalized spacial score (nSPS) is 11.3. The molecule has 18 heavy (non-hydrogen) atoms. The second-order valence-corrected chi connectivity index (χ2v) is 5.75. The Morgan fingerprint density at radius 1 is 0.833 bits per heavy atom. The predicted molar refractivity (Wildman–Crippen MR) is 79.8 cm³/mol. The highest BCUT2D eigenvalue weighted by atomic mass is 31.2. The van der Waals surface area contributed by atoms with Crippen molar-refractivity contribution in [2.45, 2.75) is 71.1 Å². The Balaban J connectivity index is 0. The van der Waals surface area contributed by atoms with Crippen LogP contribution in [0.1, 0.15) is 71.1 Å². The van der Waals surface area contributed by atoms with E-state index in [4.69, 9.17) is 9.79 Å². The Hall–Kier alpha value is 0.642. The predicted octanol–water partition coefficient (Wildman–Crippen LogP) is 2.83. The van der Waals surface area contributed by atoms with Crippen LogP contribution < -0.4 is 0 Å². The lowest BCUT2D eigenvalue weighted by Crippen LogP contribution is -1.92. The minimum absolute atomic E-state index is 0. The summed E-state index contributed by atoms with van der Waals surface area (Å²) in [6.07, 6.45) is 12.0. The van der Waals surface area contributed by atoms with E-state index in [2.05, 4.69) is 11.4 Å². The maximum atomic E-state index is 10.4. The molecule has 0 radical (unpaired) electrons. The van der Waals surface area contributed by atoms with Gasteiger partial charge in [-0.1, -0.05) is 64.7 Å². The fourth-order valence-electron chi connectivity index (χ4n) is 1.77. The number of phosphoric ester groups is 1. The van der Waals surface area contributed by atoms with Gasteiger partial charge in [-0.05, 0) is 6.42 Å². The van der Waals surface area contributed by atoms with Crippen molar-refractivity contribution < 1.29 is 18.9 Å². The smallest absolute Gasteiger partial charge is 0.303 e. The van der Waals surface area contributed by atoms with E-state index in [1.807, 2.05) is 0 Å². The molecule has 0 unspecified atom stereocenters. The van der Waals surface area contributed by atoms with E-state index in [9.17, 15) is 4.57 Å². The number of rotatable bonds is 12. The maximum absolute atomic E-state index is 10.4. The molecule has 0 saturated heterocycles. The van der Waals surface area contributed by atoms with Crippen molar-refractivity contribution in [3.8, 4) is 0 Å². The highest BCUT2D eigenvalue weighted by Gasteiger charge is 2.12. The van der Waals surface area contributed by atoms with E-state index in [0.29, 0.717) is 0 Å². The quantitative estimate of drug-likeness (QED) is 0.330. The molecule has 0 aromatic rings. The molecule has 0 spiro atoms. The van der Waals surface area contributed by atoms with Crippen molar-refractivity contribution >= 4 is 25.2 Å². The first-order valence-electron chi connectivity index (χ1n) is 6.76. The van der Waals surface area contributed by atoms with Crippen molar-refractivity contribution in [2.75, 3.05) is 6.61 Å². The van der Waals surface area contributed by atoms with E-state index in [1.165, 1.54) is 44.9 Å². The summed E-state index contributed by atoms with van der Waals surface area (Å²) in [7, 11) is -4.24. The first kappa shape index (κ1) is 21.0. The third-order valence-corrected chi connectivity index (χ3v) is 3.28. The van der Waals surface area contributed by atoms with Gasteiger partial charge in [-0.25, -0.2) is 4.57 Å². The summed E-state index contributed by atoms with van der Waals surface area (Å²) in [6.45, 7) is 2.39. The zero-order chi connectivity index (χ0) is 13.0. The van der Waals surface area contributed by atoms with Gasteiger partial charge in [0.05, 0.1) is 6.61 Å². The van der Waals surface area contributed by atoms with Crippen molar-refractivity contribution in [1.29, 1.82) is 0 Å². The molecule has 0 aromatic heterocycles. The average Bonchev–Trinajstić information content (AvgIpc) is 2.24. The van der Waals surface area contributed by atoms with Crippen LogP contribution in [-0.4, -0.2) is 33.8 Å². The van der Waals surface area contributed by atoms with Crippen molar-refractivity contribution in [2.24, 2.45) is 0 Å². The summed E-state index contributed by atoms with van der Waals surface area (Å²) < 4.78 is 14.7. The van der Waals surface area contributed by atoms with E-state index in [1.54, 1.807) is 0 Å². The molecule has 0 aliphatic carbocycles. The van der Waals surface area contributed by atoms with Crippen LogP contribution in [0.5, 0.6) is 0 Å². The minimum atomic E-state index is -4.24. The van der Waals surface area contributed by atoms with Crippen LogP contribution in [0.15, 0.2) is 0 Å². The van der Waals surface area contributed by atoms with Gasteiger partial charge in [-0.2, -0.15) is 0 Å². The molecule has 0 heterocycles. The lowest BCUT2D eigenvalue weighted by Gasteiger charge is -2.05. The average molecular weight is 296 g/mol. The van der Waals surface area contributed by atoms with Gasteiger partial charge in [0, 0.05) is 0 Å². The third-order valence-electron chi connectivity index (χ3n) is 2.76. The number of phosphoric acid groups is 1. The fraction of sp³-hybridized carbons (Fsp3) is 1.00. The molecule has 110 valence electrons. The number of unbranched alkanes of at least 4 members (excludes halogenated alkanes) is 9. The van der Waals surface area contributed by atoms with E-state index >= 15 is 0 Å². The molecule has 0 amide bonds. The maximum Gasteiger partial charge on any atom is 0.469 e. The molecule has 0 aliphatic heterocycles. The summed E-state index contributed by atoms with van der Waals surface area (Å²) >= 11 is 0. The standard InChI is InChI=1S/C12H27O4P.Al.3H/c1-2-3-4-5-6-7-8-9-10-11-12-16-17(13,14)15;;;;/h2-12H2,1H3,(H2,13,14,15);;;;. The Kier molecular flexibility index (Phi) is 16.4. The van der Waals surface area contributed by atoms with Crippen LogP contribution in [0, 0.1) is 0 Å². The molecule has 0 aromatic carbocycles. The molecule has 0 saturated carbocycles. The van der Waals surface area contributed by atoms with Gasteiger partial charge in [-0.15, -0.1) is 0 Å². The lowest BCUT2D eigenvalue weighted by atomic mass is 10.1. The zero-order valence-corrected chi connectivity index (χ0v) is 11.8. The topological polar surface area (TPSA) is 66.8 Å². The summed E-state index contributed by atoms with van der Waals surface area (Å²) in [5.41, 5.74) is 0. The first-order chi connectivity index (χ1) is 8.06. The van der Waals surface area contributed by atoms with E-state index in [-0.39, 0.29) is 24.0 Å². The van der Waals surface area contributed by atoms with E-state index in [0.717, 1.165) is 19.3 Å². The third kappa shape index (κ3) is 19.0. The Labute approximate surface area is 122 Å². The van der Waals surface area contributed by atoms with Crippen LogP contribution >= 0.6 is 7.82 Å². The van der Waals surface area contributed by atoms with Gasteiger partial charge in [0.1, 0.15) is 0 Å². The van der Waals surface area contributed by atoms with Crippen LogP contribution in [0.2, 0.25) is 0 Å². The second kappa shape index (κ2) is 14.1. The van der Waals surface area contributed by atoms with Crippen LogP contribution in [0.3, 0.4) is 0 Å². The minimum Gasteiger partial charge on any atom is -0.303 e. The van der Waals surface area contributed by atoms with Crippen LogP contribution in [-0.2, 0) is 9.09 Å². The molecule has 2 N–H and O–H groups in total. The van der Waals surface area contributed by atoms with Crippen LogP contribution in [0.25, 0.3) is 0 Å². The monoisotopic (exact) mass is 296 g/mol. The van der Waals surface area contributed by atoms with Gasteiger partial charge in [-0.3, -0.25) is 4.52 Å². The van der Waals surface area contributed by atoms with Crippen LogP contribution in [0.4, 0.5) is 0 Å². The largest absolute Gasteiger partial charge is 0.469 e. The van der Waals surface area contributed by atoms with Crippen molar-refractivity contribution in [3.63, 3.8) is 0 Å². The highest BCUT2D eigenvalue weighted by Crippen LogP contribution is 2.35. The molecule has 0 fully saturated rings. The summed E-state index contributed by atoms with van der Waals surface area (Å²) in [6, 6.07) is 0. The SMILES string of the molecule is CCCCCCCCCCCCOP(=O)(O)O.[AlH3]. The molecular formula is C12H30AlO4P. The van der Waals surface area contributed by atoms with Gasteiger partial charge in [0.25, 0.3) is 0 Å². The van der Waals surface area contributed by atoms with Crippen molar-refractivity contribution in [1.82, 2.24) is 0 Å². The molecule has 0 rings (SSSR count). The Bertz CT molecular complexity index is 208. The molecule has 0 bridgehead atoms. The lowest BCUT2D eigenvalue weighted by molar-refractivity contribution is 0.193. The summed E-state index contributed by atoms with van der Waals surface area (Å²) in [4.78, 5) is 16.9. The molecule has 0 aliphatic rings. The van der Waals surface area contributed by atoms with Gasteiger partial charge < -0.3 is 9.79 Å². The second-order valence-electron chi connectivity index (χ2n) is 4.51. The summed E-state index contributed by atoms with van der Waals surface area (Å²) in [5, 5.41) is 0. The molecule has 6 heteroatoms. The molecule has 4 nitrogen and oxygen atoms in total. The fourth-order valence-corrected chi connectivity index (χ4v) is 2.14. The van der Waals surface area contributed by atoms with Gasteiger partial charge >= 0.3 is 7.82 Å². The van der Waals surface area contributed by atoms with Gasteiger partial charge in [0.2, 0.25) is 0 Å². The number of hydrogen-bond donors (Lipinski definition) is 2. The zero-order valence-electron chi connectivity index (χ0n) is 10.9. The molecule has 0 atom stereocenters. The Morgan fingerprint density at radius 2 is 1.22 bits per heavy atom. The highest BCUT2D eigenvalue weighted by molar-refractivity contribution is 7.46. The van der Waals surface area contributed by atoms with Crippen molar-refractivity contribution in [3.05, 3.63) is 0 Å². The first-order valence-corrected chi connectivity index (χ1v) is 8.29. The Morgan fingerprint density at radius 3 is 1.61 bits per heavy atom. The summed E-state index contributed by atoms with van der Waals surface area (Å²) in [5.74, 6) is 0. The van der Waals surface area contributed by atoms with E-state index < -0.39 is 7.82 Å². The molecular weight excluding hydrogens is 266 g/mol. The number of hydrogen-bond acceptors (Lipinski definition) is 2.